The molecule has 0 aromatic rings. The van der Waals surface area contributed by atoms with Crippen LogP contribution >= 0.6 is 0 Å². The van der Waals surface area contributed by atoms with E-state index in [0.717, 1.165) is 0 Å². The maximum absolute atomic E-state index is 12.9. The van der Waals surface area contributed by atoms with Crippen molar-refractivity contribution in [1.29, 1.82) is 0 Å². The van der Waals surface area contributed by atoms with Crippen LogP contribution in [0.15, 0.2) is 11.6 Å². The highest BCUT2D eigenvalue weighted by Gasteiger charge is 2.86. The Bertz CT molecular complexity index is 709. The van der Waals surface area contributed by atoms with Crippen molar-refractivity contribution >= 4 is 23.3 Å². The Morgan fingerprint density at radius 2 is 2.05 bits per heavy atom. The Morgan fingerprint density at radius 3 is 2.68 bits per heavy atom. The summed E-state index contributed by atoms with van der Waals surface area (Å²) in [6, 6.07) is 0. The maximum atomic E-state index is 12.9. The molecule has 1 spiro atoms. The molecule has 3 saturated heterocycles. The summed E-state index contributed by atoms with van der Waals surface area (Å²) in [5.41, 5.74) is -3.86. The van der Waals surface area contributed by atoms with E-state index in [1.807, 2.05) is 0 Å². The van der Waals surface area contributed by atoms with Gasteiger partial charge < -0.3 is 9.64 Å². The van der Waals surface area contributed by atoms with E-state index in [-0.39, 0.29) is 17.1 Å². The molecule has 1 aliphatic carbocycles. The fourth-order valence-corrected chi connectivity index (χ4v) is 4.99. The highest BCUT2D eigenvalue weighted by Crippen LogP contribution is 2.67. The van der Waals surface area contributed by atoms with Gasteiger partial charge in [-0.3, -0.25) is 19.2 Å². The van der Waals surface area contributed by atoms with Crippen molar-refractivity contribution in [3.05, 3.63) is 11.6 Å². The van der Waals surface area contributed by atoms with Crippen LogP contribution in [0.2, 0.25) is 0 Å². The van der Waals surface area contributed by atoms with Gasteiger partial charge in [0.1, 0.15) is 0 Å². The number of allylic oxidation sites excluding steroid dienone is 2. The molecule has 3 heterocycles. The summed E-state index contributed by atoms with van der Waals surface area (Å²) in [4.78, 5) is 52.3. The molecule has 4 aliphatic rings. The third kappa shape index (κ3) is 1.03. The monoisotopic (exact) mass is 303 g/mol. The molecule has 2 unspecified atom stereocenters. The summed E-state index contributed by atoms with van der Waals surface area (Å²) < 4.78 is 6.04. The van der Waals surface area contributed by atoms with Crippen molar-refractivity contribution in [3.8, 4) is 0 Å². The first-order chi connectivity index (χ1) is 10.2. The number of fused-ring (bicyclic) bond motifs is 3. The molecule has 1 amide bonds. The van der Waals surface area contributed by atoms with E-state index in [4.69, 9.17) is 4.74 Å². The fraction of sp³-hybridized carbons (Fsp3) is 0.625. The SMILES string of the molecule is CC(=O)C12OC3(CCCN3C1=O)[C@]1(C)C(=O)C=C(C)C(=O)[C@H]21. The summed E-state index contributed by atoms with van der Waals surface area (Å²) in [6.45, 7) is 4.95. The van der Waals surface area contributed by atoms with Gasteiger partial charge in [-0.25, -0.2) is 0 Å². The van der Waals surface area contributed by atoms with E-state index >= 15 is 0 Å². The summed E-state index contributed by atoms with van der Waals surface area (Å²) in [5, 5.41) is 0. The summed E-state index contributed by atoms with van der Waals surface area (Å²) in [6.07, 6.45) is 2.52. The van der Waals surface area contributed by atoms with Crippen LogP contribution in [0, 0.1) is 11.3 Å². The van der Waals surface area contributed by atoms with Gasteiger partial charge in [-0.2, -0.15) is 0 Å². The zero-order valence-corrected chi connectivity index (χ0v) is 12.8. The first-order valence-corrected chi connectivity index (χ1v) is 7.54. The van der Waals surface area contributed by atoms with Gasteiger partial charge in [0, 0.05) is 6.54 Å². The molecule has 116 valence electrons. The molecular weight excluding hydrogens is 286 g/mol. The predicted octanol–water partition coefficient (Wildman–Crippen LogP) is 0.397. The second kappa shape index (κ2) is 3.56. The normalized spacial score (nSPS) is 46.0. The van der Waals surface area contributed by atoms with Crippen LogP contribution in [-0.4, -0.2) is 46.0 Å². The highest BCUT2D eigenvalue weighted by atomic mass is 16.6. The summed E-state index contributed by atoms with van der Waals surface area (Å²) >= 11 is 0. The Labute approximate surface area is 127 Å². The van der Waals surface area contributed by atoms with Crippen LogP contribution in [0.5, 0.6) is 0 Å². The van der Waals surface area contributed by atoms with E-state index in [9.17, 15) is 19.2 Å². The van der Waals surface area contributed by atoms with Gasteiger partial charge in [0.05, 0.1) is 11.3 Å². The van der Waals surface area contributed by atoms with Crippen molar-refractivity contribution in [2.24, 2.45) is 11.3 Å². The molecule has 0 aromatic heterocycles. The van der Waals surface area contributed by atoms with Crippen molar-refractivity contribution in [1.82, 2.24) is 4.90 Å². The minimum atomic E-state index is -1.82. The van der Waals surface area contributed by atoms with E-state index < -0.39 is 34.3 Å². The van der Waals surface area contributed by atoms with Crippen LogP contribution in [0.4, 0.5) is 0 Å². The lowest BCUT2D eigenvalue weighted by atomic mass is 9.55. The third-order valence-electron chi connectivity index (χ3n) is 6.05. The average Bonchev–Trinajstić information content (AvgIpc) is 3.04. The Balaban J connectivity index is 2.07. The van der Waals surface area contributed by atoms with E-state index in [0.29, 0.717) is 19.4 Å². The molecule has 6 heteroatoms. The molecule has 3 aliphatic heterocycles. The average molecular weight is 303 g/mol. The van der Waals surface area contributed by atoms with Crippen molar-refractivity contribution in [2.75, 3.05) is 6.54 Å². The van der Waals surface area contributed by atoms with Gasteiger partial charge in [-0.15, -0.1) is 0 Å². The molecule has 4 rings (SSSR count). The van der Waals surface area contributed by atoms with Crippen LogP contribution in [0.1, 0.15) is 33.6 Å². The Morgan fingerprint density at radius 1 is 1.36 bits per heavy atom. The summed E-state index contributed by atoms with van der Waals surface area (Å²) in [7, 11) is 0. The van der Waals surface area contributed by atoms with Crippen LogP contribution < -0.4 is 0 Å². The molecule has 0 radical (unpaired) electrons. The number of hydrogen-bond donors (Lipinski definition) is 0. The van der Waals surface area contributed by atoms with Gasteiger partial charge in [-0.1, -0.05) is 0 Å². The number of ketones is 3. The van der Waals surface area contributed by atoms with E-state index in [2.05, 4.69) is 0 Å². The molecular formula is C16H17NO5. The van der Waals surface area contributed by atoms with Gasteiger partial charge in [-0.05, 0) is 45.3 Å². The number of hydrogen-bond acceptors (Lipinski definition) is 5. The minimum absolute atomic E-state index is 0.225. The minimum Gasteiger partial charge on any atom is -0.329 e. The third-order valence-corrected chi connectivity index (χ3v) is 6.05. The van der Waals surface area contributed by atoms with Crippen LogP contribution in [0.3, 0.4) is 0 Å². The lowest BCUT2D eigenvalue weighted by Gasteiger charge is -2.48. The van der Waals surface area contributed by atoms with E-state index in [1.165, 1.54) is 17.9 Å². The number of ether oxygens (including phenoxy) is 1. The number of nitrogens with zero attached hydrogens (tertiary/aromatic N) is 1. The van der Waals surface area contributed by atoms with Crippen LogP contribution in [-0.2, 0) is 23.9 Å². The highest BCUT2D eigenvalue weighted by molar-refractivity contribution is 6.23. The molecule has 0 N–H and O–H groups in total. The summed E-state index contributed by atoms with van der Waals surface area (Å²) in [5.74, 6) is -2.53. The van der Waals surface area contributed by atoms with Gasteiger partial charge >= 0.3 is 0 Å². The molecule has 2 bridgehead atoms. The molecule has 22 heavy (non-hydrogen) atoms. The number of amides is 1. The predicted molar refractivity (Wildman–Crippen MR) is 73.5 cm³/mol. The van der Waals surface area contributed by atoms with Crippen molar-refractivity contribution in [2.45, 2.75) is 44.9 Å². The smallest absolute Gasteiger partial charge is 0.265 e. The first-order valence-electron chi connectivity index (χ1n) is 7.54. The second-order valence-corrected chi connectivity index (χ2v) is 6.93. The molecule has 0 saturated carbocycles. The van der Waals surface area contributed by atoms with Crippen LogP contribution in [0.25, 0.3) is 0 Å². The molecule has 4 atom stereocenters. The number of carbonyl (C=O) groups excluding carboxylic acids is 4. The topological polar surface area (TPSA) is 80.8 Å². The van der Waals surface area contributed by atoms with E-state index in [1.54, 1.807) is 13.8 Å². The number of Topliss-reactive ketones (excluding diaryl/α,β-unsaturated/α-hetero) is 2. The fourth-order valence-electron chi connectivity index (χ4n) is 4.99. The molecule has 6 nitrogen and oxygen atoms in total. The van der Waals surface area contributed by atoms with Crippen molar-refractivity contribution < 1.29 is 23.9 Å². The molecule has 0 aromatic carbocycles. The lowest BCUT2D eigenvalue weighted by molar-refractivity contribution is -0.162. The lowest BCUT2D eigenvalue weighted by Crippen LogP contribution is -2.68. The largest absolute Gasteiger partial charge is 0.329 e. The number of carbonyl (C=O) groups is 4. The van der Waals surface area contributed by atoms with Crippen molar-refractivity contribution in [3.63, 3.8) is 0 Å². The quantitative estimate of drug-likeness (QED) is 0.655. The maximum Gasteiger partial charge on any atom is 0.265 e. The first kappa shape index (κ1) is 13.8. The second-order valence-electron chi connectivity index (χ2n) is 6.93. The Hall–Kier alpha value is -1.82. The zero-order valence-electron chi connectivity index (χ0n) is 12.8. The molecule has 3 fully saturated rings. The zero-order chi connectivity index (χ0) is 16.1. The Kier molecular flexibility index (Phi) is 2.24. The van der Waals surface area contributed by atoms with Gasteiger partial charge in [0.25, 0.3) is 5.91 Å². The standard InChI is InChI=1S/C16H17NO5/c1-8-7-10(19)14(3)12(11(8)20)16(9(2)18)13(21)17-6-4-5-15(14,17)22-16/h7,12H,4-6H2,1-3H3/t12-,14+,15?,16?/m0/s1. The number of piperidine rings is 1. The number of rotatable bonds is 1. The van der Waals surface area contributed by atoms with Gasteiger partial charge in [0.15, 0.2) is 23.1 Å². The van der Waals surface area contributed by atoms with Gasteiger partial charge in [0.2, 0.25) is 5.60 Å².